The van der Waals surface area contributed by atoms with Crippen LogP contribution in [0.1, 0.15) is 15.9 Å². The smallest absolute Gasteiger partial charge is 0.258 e. The van der Waals surface area contributed by atoms with Gasteiger partial charge in [0, 0.05) is 35.0 Å². The number of aromatic nitrogens is 4. The van der Waals surface area contributed by atoms with Crippen molar-refractivity contribution in [3.63, 3.8) is 0 Å². The first-order chi connectivity index (χ1) is 14.2. The van der Waals surface area contributed by atoms with E-state index in [0.717, 1.165) is 11.3 Å². The Morgan fingerprint density at radius 1 is 0.966 bits per heavy atom. The summed E-state index contributed by atoms with van der Waals surface area (Å²) in [5.74, 6) is 0.276. The molecular formula is C21H17ClN6O. The predicted molar refractivity (Wildman–Crippen MR) is 112 cm³/mol. The van der Waals surface area contributed by atoms with Gasteiger partial charge in [-0.15, -0.1) is 0 Å². The van der Waals surface area contributed by atoms with Crippen LogP contribution in [-0.2, 0) is 6.54 Å². The molecule has 0 spiro atoms. The fourth-order valence-corrected chi connectivity index (χ4v) is 2.90. The van der Waals surface area contributed by atoms with E-state index in [4.69, 9.17) is 11.6 Å². The van der Waals surface area contributed by atoms with E-state index in [1.807, 2.05) is 36.4 Å². The Morgan fingerprint density at radius 2 is 1.69 bits per heavy atom. The number of nitrogens with one attached hydrogen (secondary N) is 2. The van der Waals surface area contributed by atoms with E-state index in [1.54, 1.807) is 41.5 Å². The van der Waals surface area contributed by atoms with Crippen molar-refractivity contribution in [3.8, 4) is 0 Å². The normalized spacial score (nSPS) is 10.5. The van der Waals surface area contributed by atoms with Crippen LogP contribution in [0.2, 0.25) is 5.02 Å². The topological polar surface area (TPSA) is 84.7 Å². The van der Waals surface area contributed by atoms with Crippen molar-refractivity contribution in [2.24, 2.45) is 0 Å². The van der Waals surface area contributed by atoms with Gasteiger partial charge in [0.2, 0.25) is 5.95 Å². The SMILES string of the molecule is O=C(Nc1ccc(Nc2ncccn2)cc1)c1cnn(Cc2ccccc2Cl)c1. The summed E-state index contributed by atoms with van der Waals surface area (Å²) in [7, 11) is 0. The van der Waals surface area contributed by atoms with Crippen LogP contribution in [0, 0.1) is 0 Å². The molecule has 0 saturated heterocycles. The Labute approximate surface area is 172 Å². The highest BCUT2D eigenvalue weighted by molar-refractivity contribution is 6.31. The van der Waals surface area contributed by atoms with Crippen LogP contribution in [0.5, 0.6) is 0 Å². The first-order valence-corrected chi connectivity index (χ1v) is 9.26. The zero-order chi connectivity index (χ0) is 20.1. The molecule has 1 amide bonds. The number of amides is 1. The maximum Gasteiger partial charge on any atom is 0.258 e. The van der Waals surface area contributed by atoms with E-state index in [-0.39, 0.29) is 5.91 Å². The molecule has 2 heterocycles. The summed E-state index contributed by atoms with van der Waals surface area (Å²) < 4.78 is 1.68. The average molecular weight is 405 g/mol. The molecule has 8 heteroatoms. The molecule has 0 fully saturated rings. The van der Waals surface area contributed by atoms with Crippen molar-refractivity contribution in [2.45, 2.75) is 6.54 Å². The van der Waals surface area contributed by atoms with Crippen LogP contribution >= 0.6 is 11.6 Å². The molecule has 0 aliphatic heterocycles. The van der Waals surface area contributed by atoms with Crippen LogP contribution in [0.4, 0.5) is 17.3 Å². The van der Waals surface area contributed by atoms with Crippen molar-refractivity contribution in [1.29, 1.82) is 0 Å². The summed E-state index contributed by atoms with van der Waals surface area (Å²) in [6, 6.07) is 16.6. The summed E-state index contributed by atoms with van der Waals surface area (Å²) in [4.78, 5) is 20.7. The largest absolute Gasteiger partial charge is 0.324 e. The first kappa shape index (κ1) is 18.6. The highest BCUT2D eigenvalue weighted by atomic mass is 35.5. The highest BCUT2D eigenvalue weighted by Crippen LogP contribution is 2.18. The van der Waals surface area contributed by atoms with Gasteiger partial charge in [-0.1, -0.05) is 29.8 Å². The van der Waals surface area contributed by atoms with Crippen LogP contribution in [0.25, 0.3) is 0 Å². The van der Waals surface area contributed by atoms with Crippen LogP contribution < -0.4 is 10.6 Å². The molecule has 4 aromatic rings. The summed E-state index contributed by atoms with van der Waals surface area (Å²) in [5.41, 5.74) is 2.90. The van der Waals surface area contributed by atoms with Crippen molar-refractivity contribution in [3.05, 3.63) is 95.5 Å². The minimum atomic E-state index is -0.234. The molecule has 0 saturated carbocycles. The molecule has 0 bridgehead atoms. The Kier molecular flexibility index (Phi) is 5.49. The molecule has 0 atom stereocenters. The Bertz CT molecular complexity index is 1110. The second kappa shape index (κ2) is 8.53. The van der Waals surface area contributed by atoms with E-state index >= 15 is 0 Å². The molecule has 2 aromatic heterocycles. The zero-order valence-corrected chi connectivity index (χ0v) is 16.0. The van der Waals surface area contributed by atoms with Gasteiger partial charge in [-0.2, -0.15) is 5.10 Å². The summed E-state index contributed by atoms with van der Waals surface area (Å²) in [6.07, 6.45) is 6.56. The minimum absolute atomic E-state index is 0.234. The fourth-order valence-electron chi connectivity index (χ4n) is 2.70. The average Bonchev–Trinajstić information content (AvgIpc) is 3.21. The number of halogens is 1. The number of carbonyl (C=O) groups excluding carboxylic acids is 1. The standard InChI is InChI=1S/C21H17ClN6O/c22-19-5-2-1-4-15(19)13-28-14-16(12-25-28)20(29)26-17-6-8-18(9-7-17)27-21-23-10-3-11-24-21/h1-12,14H,13H2,(H,26,29)(H,23,24,27). The lowest BCUT2D eigenvalue weighted by Gasteiger charge is -2.07. The number of anilines is 3. The quantitative estimate of drug-likeness (QED) is 0.498. The summed E-state index contributed by atoms with van der Waals surface area (Å²) >= 11 is 6.18. The first-order valence-electron chi connectivity index (χ1n) is 8.89. The second-order valence-electron chi connectivity index (χ2n) is 6.25. The Balaban J connectivity index is 1.38. The molecular weight excluding hydrogens is 388 g/mol. The fraction of sp³-hybridized carbons (Fsp3) is 0.0476. The zero-order valence-electron chi connectivity index (χ0n) is 15.3. The third kappa shape index (κ3) is 4.77. The Morgan fingerprint density at radius 3 is 2.45 bits per heavy atom. The molecule has 2 aromatic carbocycles. The van der Waals surface area contributed by atoms with E-state index in [9.17, 15) is 4.79 Å². The van der Waals surface area contributed by atoms with Gasteiger partial charge in [0.25, 0.3) is 5.91 Å². The molecule has 4 rings (SSSR count). The number of carbonyl (C=O) groups is 1. The maximum atomic E-state index is 12.5. The maximum absolute atomic E-state index is 12.5. The predicted octanol–water partition coefficient (Wildman–Crippen LogP) is 4.37. The monoisotopic (exact) mass is 404 g/mol. The van der Waals surface area contributed by atoms with Crippen LogP contribution in [0.3, 0.4) is 0 Å². The van der Waals surface area contributed by atoms with Crippen molar-refractivity contribution < 1.29 is 4.79 Å². The van der Waals surface area contributed by atoms with Crippen molar-refractivity contribution >= 4 is 34.8 Å². The van der Waals surface area contributed by atoms with Gasteiger partial charge in [0.1, 0.15) is 0 Å². The lowest BCUT2D eigenvalue weighted by Crippen LogP contribution is -2.11. The molecule has 0 aliphatic rings. The number of hydrogen-bond acceptors (Lipinski definition) is 5. The number of hydrogen-bond donors (Lipinski definition) is 2. The van der Waals surface area contributed by atoms with Crippen LogP contribution in [0.15, 0.2) is 79.4 Å². The van der Waals surface area contributed by atoms with E-state index in [0.29, 0.717) is 28.8 Å². The van der Waals surface area contributed by atoms with E-state index in [2.05, 4.69) is 25.7 Å². The van der Waals surface area contributed by atoms with Gasteiger partial charge in [0.05, 0.1) is 18.3 Å². The lowest BCUT2D eigenvalue weighted by molar-refractivity contribution is 0.102. The third-order valence-electron chi connectivity index (χ3n) is 4.15. The Hall–Kier alpha value is -3.71. The molecule has 2 N–H and O–H groups in total. The van der Waals surface area contributed by atoms with Gasteiger partial charge in [-0.3, -0.25) is 9.48 Å². The number of rotatable bonds is 6. The van der Waals surface area contributed by atoms with Gasteiger partial charge < -0.3 is 10.6 Å². The van der Waals surface area contributed by atoms with Gasteiger partial charge >= 0.3 is 0 Å². The van der Waals surface area contributed by atoms with Crippen molar-refractivity contribution in [1.82, 2.24) is 19.7 Å². The molecule has 7 nitrogen and oxygen atoms in total. The van der Waals surface area contributed by atoms with Crippen molar-refractivity contribution in [2.75, 3.05) is 10.6 Å². The third-order valence-corrected chi connectivity index (χ3v) is 4.52. The van der Waals surface area contributed by atoms with E-state index in [1.165, 1.54) is 6.20 Å². The van der Waals surface area contributed by atoms with Gasteiger partial charge in [0.15, 0.2) is 0 Å². The molecule has 0 radical (unpaired) electrons. The lowest BCUT2D eigenvalue weighted by atomic mass is 10.2. The summed E-state index contributed by atoms with van der Waals surface area (Å²) in [5, 5.41) is 10.9. The summed E-state index contributed by atoms with van der Waals surface area (Å²) in [6.45, 7) is 0.495. The van der Waals surface area contributed by atoms with Gasteiger partial charge in [-0.05, 0) is 42.0 Å². The van der Waals surface area contributed by atoms with Crippen LogP contribution in [-0.4, -0.2) is 25.7 Å². The number of nitrogens with zero attached hydrogens (tertiary/aromatic N) is 4. The molecule has 0 unspecified atom stereocenters. The molecule has 29 heavy (non-hydrogen) atoms. The van der Waals surface area contributed by atoms with E-state index < -0.39 is 0 Å². The molecule has 0 aliphatic carbocycles. The minimum Gasteiger partial charge on any atom is -0.324 e. The number of benzene rings is 2. The second-order valence-corrected chi connectivity index (χ2v) is 6.65. The highest BCUT2D eigenvalue weighted by Gasteiger charge is 2.10. The molecule has 144 valence electrons. The van der Waals surface area contributed by atoms with Gasteiger partial charge in [-0.25, -0.2) is 9.97 Å².